The number of hydrogen-bond acceptors (Lipinski definition) is 5. The Morgan fingerprint density at radius 1 is 1.08 bits per heavy atom. The number of hydrogen-bond donors (Lipinski definition) is 1. The number of piperazine rings is 1. The van der Waals surface area contributed by atoms with Crippen LogP contribution in [0.4, 0.5) is 5.82 Å². The third-order valence-electron chi connectivity index (χ3n) is 4.62. The molecule has 1 saturated heterocycles. The van der Waals surface area contributed by atoms with E-state index in [1.54, 1.807) is 0 Å². The van der Waals surface area contributed by atoms with Crippen LogP contribution in [0.2, 0.25) is 0 Å². The second-order valence-corrected chi connectivity index (χ2v) is 8.90. The zero-order valence-corrected chi connectivity index (χ0v) is 16.3. The fourth-order valence-electron chi connectivity index (χ4n) is 3.22. The SMILES string of the molecule is CC(C)(C)C(=O)N1CCN(C2=NCc3cnn(C(C)(C)C)c3N2)CC1. The number of guanidine groups is 1. The van der Waals surface area contributed by atoms with Gasteiger partial charge in [0.25, 0.3) is 0 Å². The van der Waals surface area contributed by atoms with Gasteiger partial charge >= 0.3 is 0 Å². The van der Waals surface area contributed by atoms with E-state index in [1.165, 1.54) is 0 Å². The van der Waals surface area contributed by atoms with Crippen LogP contribution < -0.4 is 5.32 Å². The molecule has 0 aliphatic carbocycles. The molecule has 3 rings (SSSR count). The molecule has 1 aromatic rings. The lowest BCUT2D eigenvalue weighted by Crippen LogP contribution is -2.54. The van der Waals surface area contributed by atoms with Gasteiger partial charge in [-0.1, -0.05) is 20.8 Å². The lowest BCUT2D eigenvalue weighted by Gasteiger charge is -2.39. The Balaban J connectivity index is 1.67. The van der Waals surface area contributed by atoms with Crippen LogP contribution in [-0.2, 0) is 16.9 Å². The van der Waals surface area contributed by atoms with Crippen LogP contribution >= 0.6 is 0 Å². The highest BCUT2D eigenvalue weighted by Gasteiger charge is 2.32. The van der Waals surface area contributed by atoms with E-state index in [0.717, 1.165) is 43.5 Å². The number of aliphatic imine (C=N–C) groups is 1. The molecule has 1 N–H and O–H groups in total. The molecule has 1 aromatic heterocycles. The Morgan fingerprint density at radius 3 is 2.28 bits per heavy atom. The summed E-state index contributed by atoms with van der Waals surface area (Å²) in [7, 11) is 0. The summed E-state index contributed by atoms with van der Waals surface area (Å²) >= 11 is 0. The van der Waals surface area contributed by atoms with Crippen molar-refractivity contribution in [1.29, 1.82) is 0 Å². The molecular formula is C18H30N6O. The minimum atomic E-state index is -0.323. The van der Waals surface area contributed by atoms with Gasteiger partial charge in [-0.05, 0) is 20.8 Å². The van der Waals surface area contributed by atoms with E-state index in [0.29, 0.717) is 6.54 Å². The van der Waals surface area contributed by atoms with Gasteiger partial charge in [0.05, 0.1) is 18.3 Å². The highest BCUT2D eigenvalue weighted by atomic mass is 16.2. The van der Waals surface area contributed by atoms with E-state index >= 15 is 0 Å². The first-order chi connectivity index (χ1) is 11.6. The lowest BCUT2D eigenvalue weighted by atomic mass is 9.94. The number of carbonyl (C=O) groups excluding carboxylic acids is 1. The van der Waals surface area contributed by atoms with Crippen molar-refractivity contribution in [3.05, 3.63) is 11.8 Å². The number of fused-ring (bicyclic) bond motifs is 1. The van der Waals surface area contributed by atoms with Gasteiger partial charge in [0.1, 0.15) is 5.82 Å². The average Bonchev–Trinajstić information content (AvgIpc) is 2.96. The number of rotatable bonds is 0. The second kappa shape index (κ2) is 6.04. The van der Waals surface area contributed by atoms with Crippen molar-refractivity contribution < 1.29 is 4.79 Å². The van der Waals surface area contributed by atoms with Crippen molar-refractivity contribution in [2.24, 2.45) is 10.4 Å². The molecule has 7 nitrogen and oxygen atoms in total. The monoisotopic (exact) mass is 346 g/mol. The van der Waals surface area contributed by atoms with E-state index in [9.17, 15) is 4.79 Å². The smallest absolute Gasteiger partial charge is 0.228 e. The summed E-state index contributed by atoms with van der Waals surface area (Å²) in [5.74, 6) is 2.14. The Hall–Kier alpha value is -2.05. The molecule has 25 heavy (non-hydrogen) atoms. The zero-order valence-electron chi connectivity index (χ0n) is 16.3. The standard InChI is InChI=1S/C18H30N6O/c1-17(2,3)15(25)22-7-9-23(10-8-22)16-19-11-13-12-20-24(14(13)21-16)18(4,5)6/h12H,7-11H2,1-6H3,(H,19,21). The van der Waals surface area contributed by atoms with E-state index in [2.05, 4.69) is 41.1 Å². The van der Waals surface area contributed by atoms with Gasteiger partial charge in [-0.25, -0.2) is 9.67 Å². The van der Waals surface area contributed by atoms with Gasteiger partial charge < -0.3 is 15.1 Å². The molecule has 0 saturated carbocycles. The molecular weight excluding hydrogens is 316 g/mol. The van der Waals surface area contributed by atoms with Crippen molar-refractivity contribution in [2.75, 3.05) is 31.5 Å². The molecule has 2 aliphatic rings. The number of nitrogens with zero attached hydrogens (tertiary/aromatic N) is 5. The maximum absolute atomic E-state index is 12.4. The molecule has 0 aromatic carbocycles. The van der Waals surface area contributed by atoms with E-state index < -0.39 is 0 Å². The van der Waals surface area contributed by atoms with Crippen LogP contribution in [0.5, 0.6) is 0 Å². The zero-order chi connectivity index (χ0) is 18.4. The van der Waals surface area contributed by atoms with Crippen LogP contribution in [0.3, 0.4) is 0 Å². The van der Waals surface area contributed by atoms with Gasteiger partial charge in [-0.2, -0.15) is 5.10 Å². The summed E-state index contributed by atoms with van der Waals surface area (Å²) in [4.78, 5) is 21.3. The molecule has 3 heterocycles. The topological polar surface area (TPSA) is 65.8 Å². The molecule has 7 heteroatoms. The minimum Gasteiger partial charge on any atom is -0.339 e. The molecule has 0 unspecified atom stereocenters. The molecule has 1 amide bonds. The summed E-state index contributed by atoms with van der Waals surface area (Å²) < 4.78 is 2.02. The molecule has 0 atom stereocenters. The summed E-state index contributed by atoms with van der Waals surface area (Å²) in [6.07, 6.45) is 1.90. The maximum Gasteiger partial charge on any atom is 0.228 e. The molecule has 138 valence electrons. The van der Waals surface area contributed by atoms with Crippen LogP contribution in [0, 0.1) is 5.41 Å². The maximum atomic E-state index is 12.4. The first-order valence-electron chi connectivity index (χ1n) is 9.00. The molecule has 0 spiro atoms. The van der Waals surface area contributed by atoms with Crippen molar-refractivity contribution in [3.8, 4) is 0 Å². The minimum absolute atomic E-state index is 0.0825. The Morgan fingerprint density at radius 2 is 1.72 bits per heavy atom. The Kier molecular flexibility index (Phi) is 4.29. The number of carbonyl (C=O) groups is 1. The van der Waals surface area contributed by atoms with Crippen LogP contribution in [0.1, 0.15) is 47.1 Å². The van der Waals surface area contributed by atoms with Crippen LogP contribution in [0.25, 0.3) is 0 Å². The first kappa shape index (κ1) is 17.8. The molecule has 0 radical (unpaired) electrons. The van der Waals surface area contributed by atoms with Gasteiger partial charge in [0.15, 0.2) is 5.96 Å². The van der Waals surface area contributed by atoms with Crippen LogP contribution in [0.15, 0.2) is 11.2 Å². The predicted molar refractivity (Wildman–Crippen MR) is 99.6 cm³/mol. The van der Waals surface area contributed by atoms with Crippen molar-refractivity contribution >= 4 is 17.7 Å². The number of nitrogens with one attached hydrogen (secondary N) is 1. The quantitative estimate of drug-likeness (QED) is 0.781. The first-order valence-corrected chi connectivity index (χ1v) is 9.00. The lowest BCUT2D eigenvalue weighted by molar-refractivity contribution is -0.140. The Labute approximate surface area is 150 Å². The Bertz CT molecular complexity index is 683. The predicted octanol–water partition coefficient (Wildman–Crippen LogP) is 2.11. The van der Waals surface area contributed by atoms with Crippen molar-refractivity contribution in [1.82, 2.24) is 19.6 Å². The summed E-state index contributed by atoms with van der Waals surface area (Å²) in [5.41, 5.74) is 0.720. The molecule has 0 bridgehead atoms. The second-order valence-electron chi connectivity index (χ2n) is 8.90. The van der Waals surface area contributed by atoms with Gasteiger partial charge in [0, 0.05) is 37.2 Å². The third-order valence-corrected chi connectivity index (χ3v) is 4.62. The van der Waals surface area contributed by atoms with Crippen molar-refractivity contribution in [3.63, 3.8) is 0 Å². The average molecular weight is 346 g/mol. The fourth-order valence-corrected chi connectivity index (χ4v) is 3.22. The van der Waals surface area contributed by atoms with Crippen molar-refractivity contribution in [2.45, 2.75) is 53.6 Å². The van der Waals surface area contributed by atoms with E-state index in [4.69, 9.17) is 0 Å². The molecule has 1 fully saturated rings. The summed E-state index contributed by atoms with van der Waals surface area (Å²) in [6, 6.07) is 0. The van der Waals surface area contributed by atoms with Gasteiger partial charge in [-0.15, -0.1) is 0 Å². The third kappa shape index (κ3) is 3.50. The van der Waals surface area contributed by atoms with Gasteiger partial charge in [-0.3, -0.25) is 4.79 Å². The van der Waals surface area contributed by atoms with Gasteiger partial charge in [0.2, 0.25) is 5.91 Å². The summed E-state index contributed by atoms with van der Waals surface area (Å²) in [6.45, 7) is 16.1. The number of anilines is 1. The van der Waals surface area contributed by atoms with E-state index in [1.807, 2.05) is 36.5 Å². The number of amides is 1. The highest BCUT2D eigenvalue weighted by molar-refractivity contribution is 5.95. The molecule has 2 aliphatic heterocycles. The largest absolute Gasteiger partial charge is 0.339 e. The summed E-state index contributed by atoms with van der Waals surface area (Å²) in [5, 5.41) is 7.99. The normalized spacial score (nSPS) is 18.6. The number of aromatic nitrogens is 2. The highest BCUT2D eigenvalue weighted by Crippen LogP contribution is 2.27. The fraction of sp³-hybridized carbons (Fsp3) is 0.722. The van der Waals surface area contributed by atoms with E-state index in [-0.39, 0.29) is 16.9 Å². The van der Waals surface area contributed by atoms with Crippen LogP contribution in [-0.4, -0.2) is 57.6 Å².